The summed E-state index contributed by atoms with van der Waals surface area (Å²) in [7, 11) is 0. The van der Waals surface area contributed by atoms with E-state index in [2.05, 4.69) is 24.3 Å². The summed E-state index contributed by atoms with van der Waals surface area (Å²) in [6.07, 6.45) is 5.49. The molecule has 1 amide bonds. The maximum absolute atomic E-state index is 12.6. The molecule has 0 aromatic carbocycles. The summed E-state index contributed by atoms with van der Waals surface area (Å²) < 4.78 is 2.00. The molecule has 23 heavy (non-hydrogen) atoms. The van der Waals surface area contributed by atoms with Gasteiger partial charge in [-0.15, -0.1) is 0 Å². The topological polar surface area (TPSA) is 67.2 Å². The number of carbonyl (C=O) groups is 1. The molecule has 1 saturated heterocycles. The molecule has 2 fully saturated rings. The second kappa shape index (κ2) is 6.85. The van der Waals surface area contributed by atoms with Crippen LogP contribution in [0.2, 0.25) is 0 Å². The Labute approximate surface area is 142 Å². The van der Waals surface area contributed by atoms with E-state index in [-0.39, 0.29) is 5.91 Å². The number of nitrogens with one attached hydrogen (secondary N) is 1. The molecule has 0 unspecified atom stereocenters. The fourth-order valence-corrected chi connectivity index (χ4v) is 4.37. The highest BCUT2D eigenvalue weighted by Gasteiger charge is 2.34. The Morgan fingerprint density at radius 2 is 2.17 bits per heavy atom. The fraction of sp³-hybridized carbons (Fsp3) is 0.765. The summed E-state index contributed by atoms with van der Waals surface area (Å²) >= 11 is 1.87. The van der Waals surface area contributed by atoms with Crippen LogP contribution in [0.5, 0.6) is 0 Å². The third kappa shape index (κ3) is 4.10. The second-order valence-corrected chi connectivity index (χ2v) is 8.54. The van der Waals surface area contributed by atoms with Crippen LogP contribution in [0.1, 0.15) is 61.5 Å². The van der Waals surface area contributed by atoms with Crippen LogP contribution in [0.3, 0.4) is 0 Å². The standard InChI is InChI=1S/C17H27N3O2S/c1-12(2)10-20-15(13-3-4-13)14(9-19-20)16(21)18-11-17(22)5-7-23-8-6-17/h9,12-13,22H,3-8,10-11H2,1-2H3,(H,18,21). The van der Waals surface area contributed by atoms with Crippen LogP contribution in [0.15, 0.2) is 6.20 Å². The van der Waals surface area contributed by atoms with Gasteiger partial charge in [0.15, 0.2) is 0 Å². The molecule has 2 N–H and O–H groups in total. The molecule has 1 saturated carbocycles. The van der Waals surface area contributed by atoms with Crippen LogP contribution in [0.4, 0.5) is 0 Å². The van der Waals surface area contributed by atoms with Gasteiger partial charge < -0.3 is 10.4 Å². The summed E-state index contributed by atoms with van der Waals surface area (Å²) in [5.41, 5.74) is 1.04. The van der Waals surface area contributed by atoms with Crippen molar-refractivity contribution in [3.8, 4) is 0 Å². The Kier molecular flexibility index (Phi) is 5.01. The molecule has 0 atom stereocenters. The fourth-order valence-electron chi connectivity index (χ4n) is 3.12. The number of nitrogens with zero attached hydrogens (tertiary/aromatic N) is 2. The number of hydrogen-bond acceptors (Lipinski definition) is 4. The average Bonchev–Trinajstić information content (AvgIpc) is 3.26. The van der Waals surface area contributed by atoms with Gasteiger partial charge in [0, 0.05) is 19.0 Å². The van der Waals surface area contributed by atoms with Crippen molar-refractivity contribution in [1.29, 1.82) is 0 Å². The molecule has 1 aliphatic heterocycles. The van der Waals surface area contributed by atoms with E-state index in [1.54, 1.807) is 6.20 Å². The van der Waals surface area contributed by atoms with E-state index in [0.29, 0.717) is 23.9 Å². The number of aliphatic hydroxyl groups is 1. The van der Waals surface area contributed by atoms with Gasteiger partial charge in [0.25, 0.3) is 5.91 Å². The van der Waals surface area contributed by atoms with Gasteiger partial charge in [-0.3, -0.25) is 9.48 Å². The zero-order valence-corrected chi connectivity index (χ0v) is 14.9. The van der Waals surface area contributed by atoms with Crippen molar-refractivity contribution in [2.75, 3.05) is 18.1 Å². The molecule has 1 aliphatic carbocycles. The molecule has 0 radical (unpaired) electrons. The minimum atomic E-state index is -0.741. The van der Waals surface area contributed by atoms with Gasteiger partial charge in [0.1, 0.15) is 0 Å². The number of hydrogen-bond donors (Lipinski definition) is 2. The molecule has 1 aromatic heterocycles. The zero-order valence-electron chi connectivity index (χ0n) is 14.0. The summed E-state index contributed by atoms with van der Waals surface area (Å²) in [5, 5.41) is 17.9. The molecule has 0 bridgehead atoms. The molecule has 1 aromatic rings. The summed E-state index contributed by atoms with van der Waals surface area (Å²) in [4.78, 5) is 12.6. The van der Waals surface area contributed by atoms with Crippen molar-refractivity contribution in [2.45, 2.75) is 57.6 Å². The zero-order chi connectivity index (χ0) is 16.4. The quantitative estimate of drug-likeness (QED) is 0.836. The monoisotopic (exact) mass is 337 g/mol. The Morgan fingerprint density at radius 3 is 2.78 bits per heavy atom. The molecule has 128 valence electrons. The largest absolute Gasteiger partial charge is 0.388 e. The van der Waals surface area contributed by atoms with Crippen molar-refractivity contribution in [1.82, 2.24) is 15.1 Å². The van der Waals surface area contributed by atoms with E-state index >= 15 is 0 Å². The SMILES string of the molecule is CC(C)Cn1ncc(C(=O)NCC2(O)CCSCC2)c1C1CC1. The van der Waals surface area contributed by atoms with Crippen molar-refractivity contribution < 1.29 is 9.90 Å². The summed E-state index contributed by atoms with van der Waals surface area (Å²) in [5.74, 6) is 2.82. The third-order valence-corrected chi connectivity index (χ3v) is 5.61. The lowest BCUT2D eigenvalue weighted by atomic mass is 9.96. The lowest BCUT2D eigenvalue weighted by Crippen LogP contribution is -2.45. The molecular weight excluding hydrogens is 310 g/mol. The number of rotatable bonds is 6. The minimum Gasteiger partial charge on any atom is -0.388 e. The van der Waals surface area contributed by atoms with Crippen LogP contribution >= 0.6 is 11.8 Å². The highest BCUT2D eigenvalue weighted by molar-refractivity contribution is 7.99. The first-order valence-electron chi connectivity index (χ1n) is 8.62. The molecule has 3 rings (SSSR count). The first-order chi connectivity index (χ1) is 11.0. The number of amides is 1. The maximum Gasteiger partial charge on any atom is 0.254 e. The Bertz CT molecular complexity index is 560. The van der Waals surface area contributed by atoms with Crippen LogP contribution in [0.25, 0.3) is 0 Å². The molecule has 0 spiro atoms. The van der Waals surface area contributed by atoms with Gasteiger partial charge in [-0.25, -0.2) is 0 Å². The van der Waals surface area contributed by atoms with Crippen molar-refractivity contribution >= 4 is 17.7 Å². The van der Waals surface area contributed by atoms with Gasteiger partial charge in [-0.05, 0) is 43.1 Å². The van der Waals surface area contributed by atoms with Crippen molar-refractivity contribution in [2.24, 2.45) is 5.92 Å². The lowest BCUT2D eigenvalue weighted by molar-refractivity contribution is 0.0311. The second-order valence-electron chi connectivity index (χ2n) is 7.31. The average molecular weight is 337 g/mol. The van der Waals surface area contributed by atoms with Gasteiger partial charge >= 0.3 is 0 Å². The number of aromatic nitrogens is 2. The maximum atomic E-state index is 12.6. The normalized spacial score (nSPS) is 20.7. The molecular formula is C17H27N3O2S. The van der Waals surface area contributed by atoms with E-state index in [1.807, 2.05) is 16.4 Å². The Morgan fingerprint density at radius 1 is 1.48 bits per heavy atom. The van der Waals surface area contributed by atoms with Crippen molar-refractivity contribution in [3.63, 3.8) is 0 Å². The number of carbonyl (C=O) groups excluding carboxylic acids is 1. The third-order valence-electron chi connectivity index (χ3n) is 4.63. The van der Waals surface area contributed by atoms with Gasteiger partial charge in [-0.1, -0.05) is 13.8 Å². The lowest BCUT2D eigenvalue weighted by Gasteiger charge is -2.31. The first kappa shape index (κ1) is 16.8. The molecule has 2 aliphatic rings. The first-order valence-corrected chi connectivity index (χ1v) is 9.78. The van der Waals surface area contributed by atoms with E-state index in [9.17, 15) is 9.90 Å². The minimum absolute atomic E-state index is 0.0893. The molecule has 5 nitrogen and oxygen atoms in total. The Hall–Kier alpha value is -1.01. The predicted molar refractivity (Wildman–Crippen MR) is 92.9 cm³/mol. The highest BCUT2D eigenvalue weighted by Crippen LogP contribution is 2.41. The van der Waals surface area contributed by atoms with Crippen LogP contribution in [-0.2, 0) is 6.54 Å². The van der Waals surface area contributed by atoms with Crippen molar-refractivity contribution in [3.05, 3.63) is 17.5 Å². The van der Waals surface area contributed by atoms with E-state index in [0.717, 1.165) is 49.4 Å². The number of thioether (sulfide) groups is 1. The van der Waals surface area contributed by atoms with Gasteiger partial charge in [0.2, 0.25) is 0 Å². The smallest absolute Gasteiger partial charge is 0.254 e. The molecule has 6 heteroatoms. The van der Waals surface area contributed by atoms with Gasteiger partial charge in [-0.2, -0.15) is 16.9 Å². The predicted octanol–water partition coefficient (Wildman–Crippen LogP) is 2.40. The summed E-state index contributed by atoms with van der Waals surface area (Å²) in [6.45, 7) is 5.51. The molecule has 2 heterocycles. The van der Waals surface area contributed by atoms with Crippen LogP contribution in [-0.4, -0.2) is 44.4 Å². The van der Waals surface area contributed by atoms with Crippen LogP contribution < -0.4 is 5.32 Å². The van der Waals surface area contributed by atoms with Crippen LogP contribution in [0, 0.1) is 5.92 Å². The summed E-state index contributed by atoms with van der Waals surface area (Å²) in [6, 6.07) is 0. The Balaban J connectivity index is 1.68. The van der Waals surface area contributed by atoms with E-state index in [4.69, 9.17) is 0 Å². The van der Waals surface area contributed by atoms with E-state index in [1.165, 1.54) is 0 Å². The van der Waals surface area contributed by atoms with E-state index < -0.39 is 5.60 Å². The van der Waals surface area contributed by atoms with Gasteiger partial charge in [0.05, 0.1) is 23.1 Å². The highest BCUT2D eigenvalue weighted by atomic mass is 32.2.